The topological polar surface area (TPSA) is 73.0 Å². The minimum absolute atomic E-state index is 0.0722. The fourth-order valence-corrected chi connectivity index (χ4v) is 4.07. The molecule has 0 spiro atoms. The van der Waals surface area contributed by atoms with E-state index in [0.29, 0.717) is 11.1 Å². The van der Waals surface area contributed by atoms with Crippen LogP contribution in [-0.4, -0.2) is 26.4 Å². The molecule has 0 aliphatic heterocycles. The summed E-state index contributed by atoms with van der Waals surface area (Å²) in [5, 5.41) is 9.31. The lowest BCUT2D eigenvalue weighted by Gasteiger charge is -2.10. The number of fused-ring (bicyclic) bond motifs is 1. The minimum Gasteiger partial charge on any atom is -0.459 e. The number of nitrogens with zero attached hydrogens (tertiary/aromatic N) is 3. The molecule has 1 N–H and O–H groups in total. The van der Waals surface area contributed by atoms with E-state index in [1.54, 1.807) is 0 Å². The lowest BCUT2D eigenvalue weighted by atomic mass is 10.2. The number of rotatable bonds is 7. The quantitative estimate of drug-likeness (QED) is 0.434. The molecular formula is C23H22N4O2S. The second-order valence-electron chi connectivity index (χ2n) is 7.54. The zero-order valence-electron chi connectivity index (χ0n) is 16.6. The van der Waals surface area contributed by atoms with Crippen molar-refractivity contribution in [1.29, 1.82) is 0 Å². The van der Waals surface area contributed by atoms with Gasteiger partial charge in [-0.25, -0.2) is 9.67 Å². The van der Waals surface area contributed by atoms with Crippen molar-refractivity contribution in [3.8, 4) is 5.69 Å². The van der Waals surface area contributed by atoms with Crippen LogP contribution in [0.2, 0.25) is 0 Å². The summed E-state index contributed by atoms with van der Waals surface area (Å²) in [5.41, 5.74) is 1.83. The van der Waals surface area contributed by atoms with E-state index in [9.17, 15) is 4.79 Å². The number of para-hydroxylation sites is 2. The Hall–Kier alpha value is -3.06. The smallest absolute Gasteiger partial charge is 0.231 e. The van der Waals surface area contributed by atoms with Gasteiger partial charge in [0.2, 0.25) is 11.1 Å². The van der Waals surface area contributed by atoms with Gasteiger partial charge >= 0.3 is 0 Å². The molecule has 0 bridgehead atoms. The fraction of sp³-hybridized carbons (Fsp3) is 0.261. The third kappa shape index (κ3) is 3.98. The highest BCUT2D eigenvalue weighted by Gasteiger charge is 2.30. The van der Waals surface area contributed by atoms with E-state index in [1.165, 1.54) is 11.8 Å². The second kappa shape index (κ2) is 7.99. The van der Waals surface area contributed by atoms with Gasteiger partial charge in [0.25, 0.3) is 0 Å². The number of amides is 1. The van der Waals surface area contributed by atoms with Crippen molar-refractivity contribution in [1.82, 2.24) is 20.1 Å². The maximum absolute atomic E-state index is 12.5. The summed E-state index contributed by atoms with van der Waals surface area (Å²) >= 11 is 1.36. The summed E-state index contributed by atoms with van der Waals surface area (Å²) in [4.78, 5) is 17.2. The van der Waals surface area contributed by atoms with Crippen LogP contribution in [0.1, 0.15) is 43.3 Å². The van der Waals surface area contributed by atoms with Gasteiger partial charge in [-0.1, -0.05) is 48.2 Å². The van der Waals surface area contributed by atoms with Gasteiger partial charge in [-0.2, -0.15) is 0 Å². The molecule has 1 aliphatic rings. The molecule has 0 saturated heterocycles. The van der Waals surface area contributed by atoms with Crippen LogP contribution in [0.3, 0.4) is 0 Å². The Kier molecular flexibility index (Phi) is 5.04. The monoisotopic (exact) mass is 418 g/mol. The molecule has 2 aromatic heterocycles. The highest BCUT2D eigenvalue weighted by molar-refractivity contribution is 7.99. The lowest BCUT2D eigenvalue weighted by molar-refractivity contribution is -0.119. The van der Waals surface area contributed by atoms with E-state index in [4.69, 9.17) is 9.40 Å². The van der Waals surface area contributed by atoms with Gasteiger partial charge in [0, 0.05) is 11.3 Å². The third-order valence-electron chi connectivity index (χ3n) is 5.14. The van der Waals surface area contributed by atoms with Crippen LogP contribution in [0, 0.1) is 0 Å². The summed E-state index contributed by atoms with van der Waals surface area (Å²) in [6, 6.07) is 19.6. The summed E-state index contributed by atoms with van der Waals surface area (Å²) in [6.45, 7) is 1.92. The van der Waals surface area contributed by atoms with Crippen molar-refractivity contribution < 1.29 is 9.21 Å². The van der Waals surface area contributed by atoms with Crippen LogP contribution in [0.15, 0.2) is 70.2 Å². The van der Waals surface area contributed by atoms with Gasteiger partial charge in [0.05, 0.1) is 17.5 Å². The number of benzene rings is 2. The summed E-state index contributed by atoms with van der Waals surface area (Å²) in [7, 11) is 0. The lowest BCUT2D eigenvalue weighted by Crippen LogP contribution is -2.27. The van der Waals surface area contributed by atoms with E-state index in [2.05, 4.69) is 10.4 Å². The largest absolute Gasteiger partial charge is 0.459 e. The Labute approximate surface area is 178 Å². The van der Waals surface area contributed by atoms with Gasteiger partial charge < -0.3 is 9.73 Å². The molecule has 2 heterocycles. The average molecular weight is 419 g/mol. The van der Waals surface area contributed by atoms with Crippen molar-refractivity contribution >= 4 is 28.6 Å². The molecule has 6 nitrogen and oxygen atoms in total. The van der Waals surface area contributed by atoms with Crippen LogP contribution in [0.5, 0.6) is 0 Å². The first-order valence-electron chi connectivity index (χ1n) is 10.1. The van der Waals surface area contributed by atoms with E-state index < -0.39 is 0 Å². The molecule has 5 rings (SSSR count). The van der Waals surface area contributed by atoms with E-state index in [-0.39, 0.29) is 17.7 Å². The molecule has 1 saturated carbocycles. The van der Waals surface area contributed by atoms with Gasteiger partial charge in [-0.05, 0) is 44.0 Å². The first-order valence-corrected chi connectivity index (χ1v) is 11.1. The first-order chi connectivity index (χ1) is 14.7. The number of hydrogen-bond acceptors (Lipinski definition) is 5. The van der Waals surface area contributed by atoms with Crippen molar-refractivity contribution in [3.05, 3.63) is 72.2 Å². The van der Waals surface area contributed by atoms with Crippen molar-refractivity contribution in [2.45, 2.75) is 36.9 Å². The van der Waals surface area contributed by atoms with E-state index >= 15 is 0 Å². The summed E-state index contributed by atoms with van der Waals surface area (Å²) in [5.74, 6) is 2.38. The molecule has 0 radical (unpaired) electrons. The van der Waals surface area contributed by atoms with Gasteiger partial charge in [0.1, 0.15) is 17.2 Å². The number of thioether (sulfide) groups is 1. The predicted octanol–water partition coefficient (Wildman–Crippen LogP) is 4.86. The Morgan fingerprint density at radius 1 is 1.20 bits per heavy atom. The maximum atomic E-state index is 12.5. The molecule has 152 valence electrons. The number of carbonyl (C=O) groups excluding carboxylic acids is 1. The molecule has 1 atom stereocenters. The van der Waals surface area contributed by atoms with Crippen LogP contribution in [0.25, 0.3) is 16.7 Å². The molecule has 2 aromatic carbocycles. The number of carbonyl (C=O) groups is 1. The fourth-order valence-electron chi connectivity index (χ4n) is 3.43. The van der Waals surface area contributed by atoms with Gasteiger partial charge in [-0.15, -0.1) is 5.10 Å². The molecular weight excluding hydrogens is 396 g/mol. The van der Waals surface area contributed by atoms with Gasteiger partial charge in [-0.3, -0.25) is 4.79 Å². The number of furan rings is 1. The van der Waals surface area contributed by atoms with E-state index in [0.717, 1.165) is 41.1 Å². The Morgan fingerprint density at radius 3 is 2.73 bits per heavy atom. The van der Waals surface area contributed by atoms with Crippen LogP contribution in [0.4, 0.5) is 0 Å². The average Bonchev–Trinajstić information content (AvgIpc) is 3.37. The minimum atomic E-state index is -0.206. The normalized spacial score (nSPS) is 14.7. The summed E-state index contributed by atoms with van der Waals surface area (Å²) < 4.78 is 7.76. The first kappa shape index (κ1) is 18.9. The molecule has 7 heteroatoms. The Balaban J connectivity index is 1.24. The molecule has 1 aliphatic carbocycles. The predicted molar refractivity (Wildman–Crippen MR) is 117 cm³/mol. The zero-order valence-corrected chi connectivity index (χ0v) is 17.4. The molecule has 0 unspecified atom stereocenters. The van der Waals surface area contributed by atoms with Crippen LogP contribution < -0.4 is 5.32 Å². The number of aromatic nitrogens is 3. The molecule has 1 fully saturated rings. The summed E-state index contributed by atoms with van der Waals surface area (Å²) in [6.07, 6.45) is 2.29. The standard InChI is InChI=1S/C23H22N4O2S/c1-15(20-13-17-7-5-6-10-19(17)29-20)24-21(28)14-30-23-25-22(16-11-12-16)27(26-23)18-8-3-2-4-9-18/h2-10,13,15-16H,11-12,14H2,1H3,(H,24,28)/t15-/m0/s1. The van der Waals surface area contributed by atoms with E-state index in [1.807, 2.05) is 72.3 Å². The SMILES string of the molecule is C[C@H](NC(=O)CSc1nc(C2CC2)n(-c2ccccc2)n1)c1cc2ccccc2o1. The van der Waals surface area contributed by atoms with Crippen molar-refractivity contribution in [2.75, 3.05) is 5.75 Å². The maximum Gasteiger partial charge on any atom is 0.231 e. The van der Waals surface area contributed by atoms with Crippen LogP contribution >= 0.6 is 11.8 Å². The van der Waals surface area contributed by atoms with Crippen molar-refractivity contribution in [2.24, 2.45) is 0 Å². The third-order valence-corrected chi connectivity index (χ3v) is 5.97. The Bertz CT molecular complexity index is 1150. The Morgan fingerprint density at radius 2 is 1.97 bits per heavy atom. The number of hydrogen-bond donors (Lipinski definition) is 1. The highest BCUT2D eigenvalue weighted by Crippen LogP contribution is 2.40. The zero-order chi connectivity index (χ0) is 20.5. The molecule has 4 aromatic rings. The van der Waals surface area contributed by atoms with Crippen molar-refractivity contribution in [3.63, 3.8) is 0 Å². The molecule has 1 amide bonds. The van der Waals surface area contributed by atoms with Gasteiger partial charge in [0.15, 0.2) is 0 Å². The highest BCUT2D eigenvalue weighted by atomic mass is 32.2. The van der Waals surface area contributed by atoms with Crippen LogP contribution in [-0.2, 0) is 4.79 Å². The molecule has 30 heavy (non-hydrogen) atoms. The second-order valence-corrected chi connectivity index (χ2v) is 8.48. The number of nitrogens with one attached hydrogen (secondary N) is 1.